The summed E-state index contributed by atoms with van der Waals surface area (Å²) < 4.78 is 38.8. The Labute approximate surface area is 127 Å². The molecular formula is C14H10ClF3N2O2. The van der Waals surface area contributed by atoms with Gasteiger partial charge in [-0.3, -0.25) is 9.59 Å². The molecular weight excluding hydrogens is 321 g/mol. The number of aryl methyl sites for hydroxylation is 1. The van der Waals surface area contributed by atoms with E-state index >= 15 is 0 Å². The van der Waals surface area contributed by atoms with E-state index in [4.69, 9.17) is 11.6 Å². The van der Waals surface area contributed by atoms with Gasteiger partial charge in [-0.05, 0) is 25.1 Å². The normalized spacial score (nSPS) is 11.3. The van der Waals surface area contributed by atoms with Crippen molar-refractivity contribution in [3.8, 4) is 0 Å². The number of H-pyrrole nitrogens is 1. The monoisotopic (exact) mass is 330 g/mol. The lowest BCUT2D eigenvalue weighted by Gasteiger charge is -2.14. The van der Waals surface area contributed by atoms with E-state index in [2.05, 4.69) is 10.3 Å². The molecule has 116 valence electrons. The van der Waals surface area contributed by atoms with E-state index in [0.29, 0.717) is 11.8 Å². The highest BCUT2D eigenvalue weighted by Crippen LogP contribution is 2.36. The molecule has 0 bridgehead atoms. The summed E-state index contributed by atoms with van der Waals surface area (Å²) in [5.74, 6) is -0.936. The molecule has 1 aromatic heterocycles. The minimum atomic E-state index is -4.69. The number of aromatic nitrogens is 1. The Morgan fingerprint density at radius 1 is 1.27 bits per heavy atom. The van der Waals surface area contributed by atoms with Crippen molar-refractivity contribution in [2.75, 3.05) is 5.32 Å². The van der Waals surface area contributed by atoms with Gasteiger partial charge in [-0.1, -0.05) is 11.6 Å². The first-order chi connectivity index (χ1) is 10.2. The van der Waals surface area contributed by atoms with Gasteiger partial charge in [0, 0.05) is 23.0 Å². The molecule has 0 radical (unpaired) electrons. The topological polar surface area (TPSA) is 62.0 Å². The predicted octanol–water partition coefficient (Wildman–Crippen LogP) is 3.61. The molecule has 1 heterocycles. The Kier molecular flexibility index (Phi) is 4.27. The first-order valence-electron chi connectivity index (χ1n) is 6.06. The van der Waals surface area contributed by atoms with Gasteiger partial charge in [-0.2, -0.15) is 13.2 Å². The number of hydrogen-bond acceptors (Lipinski definition) is 2. The molecule has 0 aliphatic heterocycles. The summed E-state index contributed by atoms with van der Waals surface area (Å²) in [6.07, 6.45) is -3.54. The number of benzene rings is 1. The van der Waals surface area contributed by atoms with Crippen LogP contribution in [-0.2, 0) is 6.18 Å². The molecule has 8 heteroatoms. The number of aromatic amines is 1. The SMILES string of the molecule is Cc1cc(=O)c(C(=O)Nc2ccc(Cl)cc2C(F)(F)F)c[nH]1. The van der Waals surface area contributed by atoms with Crippen LogP contribution in [0.15, 0.2) is 35.3 Å². The van der Waals surface area contributed by atoms with Gasteiger partial charge in [0.1, 0.15) is 5.56 Å². The molecule has 0 spiro atoms. The molecule has 22 heavy (non-hydrogen) atoms. The molecule has 2 aromatic rings. The van der Waals surface area contributed by atoms with Crippen molar-refractivity contribution < 1.29 is 18.0 Å². The largest absolute Gasteiger partial charge is 0.418 e. The maximum absolute atomic E-state index is 12.9. The quantitative estimate of drug-likeness (QED) is 0.883. The van der Waals surface area contributed by atoms with Gasteiger partial charge in [-0.15, -0.1) is 0 Å². The van der Waals surface area contributed by atoms with Crippen molar-refractivity contribution >= 4 is 23.2 Å². The number of carbonyl (C=O) groups is 1. The van der Waals surface area contributed by atoms with E-state index in [-0.39, 0.29) is 10.6 Å². The van der Waals surface area contributed by atoms with Gasteiger partial charge in [0.15, 0.2) is 5.43 Å². The third-order valence-corrected chi connectivity index (χ3v) is 3.07. The first-order valence-corrected chi connectivity index (χ1v) is 6.43. The fourth-order valence-electron chi connectivity index (χ4n) is 1.80. The van der Waals surface area contributed by atoms with Crippen molar-refractivity contribution in [2.24, 2.45) is 0 Å². The second-order valence-electron chi connectivity index (χ2n) is 4.54. The molecule has 0 aliphatic rings. The van der Waals surface area contributed by atoms with Crippen molar-refractivity contribution in [2.45, 2.75) is 13.1 Å². The van der Waals surface area contributed by atoms with Gasteiger partial charge in [0.25, 0.3) is 5.91 Å². The molecule has 0 atom stereocenters. The number of nitrogens with one attached hydrogen (secondary N) is 2. The maximum Gasteiger partial charge on any atom is 0.418 e. The molecule has 0 fully saturated rings. The van der Waals surface area contributed by atoms with Crippen LogP contribution in [0.5, 0.6) is 0 Å². The molecule has 0 aliphatic carbocycles. The van der Waals surface area contributed by atoms with Crippen LogP contribution in [0, 0.1) is 6.92 Å². The zero-order chi connectivity index (χ0) is 16.5. The highest BCUT2D eigenvalue weighted by atomic mass is 35.5. The molecule has 4 nitrogen and oxygen atoms in total. The Bertz CT molecular complexity index is 784. The van der Waals surface area contributed by atoms with Crippen molar-refractivity contribution in [3.63, 3.8) is 0 Å². The minimum Gasteiger partial charge on any atom is -0.364 e. The van der Waals surface area contributed by atoms with Crippen LogP contribution in [0.1, 0.15) is 21.6 Å². The Hall–Kier alpha value is -2.28. The van der Waals surface area contributed by atoms with E-state index in [1.54, 1.807) is 6.92 Å². The second-order valence-corrected chi connectivity index (χ2v) is 4.97. The van der Waals surface area contributed by atoms with Crippen LogP contribution in [0.25, 0.3) is 0 Å². The van der Waals surface area contributed by atoms with Crippen molar-refractivity contribution in [1.82, 2.24) is 4.98 Å². The van der Waals surface area contributed by atoms with Crippen LogP contribution in [0.3, 0.4) is 0 Å². The van der Waals surface area contributed by atoms with Gasteiger partial charge in [-0.25, -0.2) is 0 Å². The van der Waals surface area contributed by atoms with Crippen LogP contribution in [0.4, 0.5) is 18.9 Å². The van der Waals surface area contributed by atoms with Gasteiger partial charge < -0.3 is 10.3 Å². The molecule has 1 aromatic carbocycles. The number of rotatable bonds is 2. The fourth-order valence-corrected chi connectivity index (χ4v) is 1.97. The third-order valence-electron chi connectivity index (χ3n) is 2.84. The van der Waals surface area contributed by atoms with Gasteiger partial charge in [0.2, 0.25) is 0 Å². The van der Waals surface area contributed by atoms with Crippen LogP contribution >= 0.6 is 11.6 Å². The Balaban J connectivity index is 2.39. The molecule has 2 rings (SSSR count). The van der Waals surface area contributed by atoms with Crippen LogP contribution < -0.4 is 10.7 Å². The predicted molar refractivity (Wildman–Crippen MR) is 76.2 cm³/mol. The average Bonchev–Trinajstić information content (AvgIpc) is 2.39. The lowest BCUT2D eigenvalue weighted by molar-refractivity contribution is -0.136. The molecule has 0 saturated heterocycles. The van der Waals surface area contributed by atoms with Crippen LogP contribution in [0.2, 0.25) is 5.02 Å². The van der Waals surface area contributed by atoms with Crippen molar-refractivity contribution in [1.29, 1.82) is 0 Å². The number of anilines is 1. The zero-order valence-electron chi connectivity index (χ0n) is 11.2. The smallest absolute Gasteiger partial charge is 0.364 e. The number of amides is 1. The van der Waals surface area contributed by atoms with E-state index < -0.39 is 28.8 Å². The zero-order valence-corrected chi connectivity index (χ0v) is 12.0. The standard InChI is InChI=1S/C14H10ClF3N2O2/c1-7-4-12(21)9(6-19-7)13(22)20-11-3-2-8(15)5-10(11)14(16,17)18/h2-6H,1H3,(H,19,21)(H,20,22). The highest BCUT2D eigenvalue weighted by Gasteiger charge is 2.34. The summed E-state index contributed by atoms with van der Waals surface area (Å²) in [4.78, 5) is 26.3. The van der Waals surface area contributed by atoms with Gasteiger partial charge >= 0.3 is 6.18 Å². The van der Waals surface area contributed by atoms with Gasteiger partial charge in [0.05, 0.1) is 11.3 Å². The summed E-state index contributed by atoms with van der Waals surface area (Å²) in [6, 6.07) is 4.13. The molecule has 2 N–H and O–H groups in total. The van der Waals surface area contributed by atoms with Crippen LogP contribution in [-0.4, -0.2) is 10.9 Å². The number of alkyl halides is 3. The Morgan fingerprint density at radius 3 is 2.55 bits per heavy atom. The highest BCUT2D eigenvalue weighted by molar-refractivity contribution is 6.30. The van der Waals surface area contributed by atoms with E-state index in [1.807, 2.05) is 0 Å². The molecule has 0 unspecified atom stereocenters. The van der Waals surface area contributed by atoms with E-state index in [1.165, 1.54) is 12.1 Å². The maximum atomic E-state index is 12.9. The third kappa shape index (κ3) is 3.48. The summed E-state index contributed by atoms with van der Waals surface area (Å²) in [5, 5.41) is 1.97. The summed E-state index contributed by atoms with van der Waals surface area (Å²) in [6.45, 7) is 1.62. The lowest BCUT2D eigenvalue weighted by atomic mass is 10.1. The van der Waals surface area contributed by atoms with E-state index in [9.17, 15) is 22.8 Å². The molecule has 1 amide bonds. The van der Waals surface area contributed by atoms with Crippen molar-refractivity contribution in [3.05, 3.63) is 62.5 Å². The fraction of sp³-hybridized carbons (Fsp3) is 0.143. The summed E-state index contributed by atoms with van der Waals surface area (Å²) in [7, 11) is 0. The minimum absolute atomic E-state index is 0.112. The average molecular weight is 331 g/mol. The number of pyridine rings is 1. The first kappa shape index (κ1) is 16.1. The number of hydrogen-bond donors (Lipinski definition) is 2. The van der Waals surface area contributed by atoms with E-state index in [0.717, 1.165) is 12.3 Å². The second kappa shape index (κ2) is 5.84. The lowest BCUT2D eigenvalue weighted by Crippen LogP contribution is -2.23. The number of halogens is 4. The molecule has 0 saturated carbocycles. The number of carbonyl (C=O) groups excluding carboxylic acids is 1. The Morgan fingerprint density at radius 2 is 1.95 bits per heavy atom. The summed E-state index contributed by atoms with van der Waals surface area (Å²) in [5.41, 5.74) is -1.90. The summed E-state index contributed by atoms with van der Waals surface area (Å²) >= 11 is 5.55.